The fourth-order valence-corrected chi connectivity index (χ4v) is 9.47. The molecule has 352 valence electrons. The maximum absolute atomic E-state index is 14.5. The number of Topliss-reactive ketones (excluding diaryl/α,β-unsaturated/α-hetero) is 1. The minimum atomic E-state index is -2.04. The van der Waals surface area contributed by atoms with E-state index >= 15 is 0 Å². The number of nitrogens with one attached hydrogen (secondary N) is 1. The van der Waals surface area contributed by atoms with Gasteiger partial charge in [0.05, 0.1) is 53.0 Å². The number of aliphatic hydroxyl groups is 2. The molecule has 2 aromatic rings. The summed E-state index contributed by atoms with van der Waals surface area (Å²) in [4.78, 5) is 43.2. The average molecular weight is 914 g/mol. The number of anilines is 1. The highest BCUT2D eigenvalue weighted by Gasteiger charge is 2.50. The summed E-state index contributed by atoms with van der Waals surface area (Å²) in [5.41, 5.74) is -0.293. The molecule has 7 rings (SSSR count). The first kappa shape index (κ1) is 50.1. The molecule has 64 heavy (non-hydrogen) atoms. The number of esters is 1. The summed E-state index contributed by atoms with van der Waals surface area (Å²) in [6.45, 7) is 15.4. The van der Waals surface area contributed by atoms with E-state index in [0.717, 1.165) is 13.1 Å². The number of phenols is 3. The number of hydrogen-bond acceptors (Lipinski definition) is 15. The normalized spacial score (nSPS) is 31.9. The van der Waals surface area contributed by atoms with Gasteiger partial charge in [-0.25, -0.2) is 0 Å². The lowest BCUT2D eigenvalue weighted by molar-refractivity contribution is -0.160. The number of carbonyl (C=O) groups is 3. The lowest BCUT2D eigenvalue weighted by Crippen LogP contribution is -2.47. The number of piperazine rings is 1. The molecule has 4 aliphatic heterocycles. The average Bonchev–Trinajstić information content (AvgIpc) is 3.89. The van der Waals surface area contributed by atoms with Crippen LogP contribution >= 0.6 is 12.4 Å². The number of halogens is 1. The van der Waals surface area contributed by atoms with Gasteiger partial charge in [0.15, 0.2) is 5.75 Å². The number of aromatic hydroxyl groups is 3. The zero-order valence-corrected chi connectivity index (χ0v) is 39.0. The predicted octanol–water partition coefficient (Wildman–Crippen LogP) is 6.07. The van der Waals surface area contributed by atoms with Crippen LogP contribution in [-0.4, -0.2) is 129 Å². The molecule has 5 bridgehead atoms. The number of phenolic OH excluding ortho intramolecular Hbond substituents is 3. The third-order valence-electron chi connectivity index (χ3n) is 13.5. The van der Waals surface area contributed by atoms with E-state index in [1.165, 1.54) is 85.1 Å². The zero-order chi connectivity index (χ0) is 46.1. The van der Waals surface area contributed by atoms with E-state index < -0.39 is 88.8 Å². The van der Waals surface area contributed by atoms with E-state index in [2.05, 4.69) is 15.3 Å². The molecule has 2 fully saturated rings. The van der Waals surface area contributed by atoms with Crippen LogP contribution in [-0.2, 0) is 23.8 Å². The number of allylic oxidation sites excluding steroid dienone is 2. The number of methoxy groups -OCH3 is 1. The number of hydrogen-bond donors (Lipinski definition) is 6. The Bertz CT molecular complexity index is 2200. The molecule has 4 heterocycles. The van der Waals surface area contributed by atoms with Crippen LogP contribution in [0.2, 0.25) is 0 Å². The number of amides is 1. The van der Waals surface area contributed by atoms with Crippen LogP contribution in [0, 0.1) is 30.6 Å². The number of fused-ring (bicyclic) bond motifs is 14. The third kappa shape index (κ3) is 9.86. The largest absolute Gasteiger partial charge is 0.507 e. The van der Waals surface area contributed by atoms with Crippen molar-refractivity contribution in [2.45, 2.75) is 117 Å². The second-order valence-corrected chi connectivity index (χ2v) is 17.8. The Labute approximate surface area is 381 Å². The van der Waals surface area contributed by atoms with Crippen molar-refractivity contribution in [2.24, 2.45) is 28.8 Å². The smallest absolute Gasteiger partial charge is 0.312 e. The maximum Gasteiger partial charge on any atom is 0.312 e. The standard InChI is InChI=1S/C47H64N4O12.ClH/c1-24-13-12-14-25(2)46(59)49-37-32(23-48-51-20-18-50(19-21-51)31-15-10-11-16-31)41(56)34-35(42(37)57)40(55)29(6)44-36(34)45(58)47(8,63-44)61-22-17-33(60-9)26(3)43(62-30(7)52)28(5)39(54)27(4)38(24)53;/h12-14,17,22-24,26-28,31,33,38-39,43,53-57H,10-11,15-16,18-21H2,1-9H3,(H,49,59);1H/b13-12-,22-17-,25-14-,48-23?;/t24-,26+,27+,28+,33-,38-,39+,43+,47-;/m0./s1. The Morgan fingerprint density at radius 2 is 1.58 bits per heavy atom. The molecule has 1 saturated carbocycles. The van der Waals surface area contributed by atoms with Crippen molar-refractivity contribution in [2.75, 3.05) is 38.6 Å². The van der Waals surface area contributed by atoms with Crippen molar-refractivity contribution in [1.29, 1.82) is 0 Å². The predicted molar refractivity (Wildman–Crippen MR) is 244 cm³/mol. The van der Waals surface area contributed by atoms with Crippen LogP contribution in [0.4, 0.5) is 5.69 Å². The number of aliphatic hydroxyl groups excluding tert-OH is 2. The summed E-state index contributed by atoms with van der Waals surface area (Å²) in [6.07, 6.45) is 9.75. The van der Waals surface area contributed by atoms with Gasteiger partial charge in [0.25, 0.3) is 11.7 Å². The Balaban J connectivity index is 0.00000771. The van der Waals surface area contributed by atoms with Gasteiger partial charge in [0.1, 0.15) is 23.4 Å². The number of hydrazone groups is 1. The first-order chi connectivity index (χ1) is 29.8. The van der Waals surface area contributed by atoms with Crippen molar-refractivity contribution in [1.82, 2.24) is 9.91 Å². The van der Waals surface area contributed by atoms with Crippen LogP contribution in [0.15, 0.2) is 41.2 Å². The minimum absolute atomic E-state index is 0. The van der Waals surface area contributed by atoms with Crippen molar-refractivity contribution in [3.05, 3.63) is 52.8 Å². The molecule has 5 aliphatic rings. The molecule has 0 spiro atoms. The Kier molecular flexibility index (Phi) is 16.1. The molecule has 0 radical (unpaired) electrons. The molecule has 9 atom stereocenters. The number of nitrogens with zero attached hydrogens (tertiary/aromatic N) is 3. The van der Waals surface area contributed by atoms with Crippen LogP contribution in [0.3, 0.4) is 0 Å². The summed E-state index contributed by atoms with van der Waals surface area (Å²) in [5.74, 6) is -8.28. The van der Waals surface area contributed by atoms with E-state index in [9.17, 15) is 39.9 Å². The molecule has 1 saturated heterocycles. The van der Waals surface area contributed by atoms with Gasteiger partial charge in [0.2, 0.25) is 0 Å². The van der Waals surface area contributed by atoms with E-state index in [4.69, 9.17) is 18.9 Å². The highest BCUT2D eigenvalue weighted by Crippen LogP contribution is 2.55. The summed E-state index contributed by atoms with van der Waals surface area (Å²) in [5, 5.41) is 67.6. The van der Waals surface area contributed by atoms with Crippen molar-refractivity contribution < 1.29 is 58.9 Å². The molecule has 2 aromatic carbocycles. The molecule has 1 amide bonds. The molecular weight excluding hydrogens is 848 g/mol. The summed E-state index contributed by atoms with van der Waals surface area (Å²) in [7, 11) is 1.44. The van der Waals surface area contributed by atoms with E-state index in [1.54, 1.807) is 39.8 Å². The highest BCUT2D eigenvalue weighted by atomic mass is 35.5. The first-order valence-electron chi connectivity index (χ1n) is 21.9. The van der Waals surface area contributed by atoms with Crippen molar-refractivity contribution >= 4 is 52.7 Å². The van der Waals surface area contributed by atoms with Crippen molar-refractivity contribution in [3.8, 4) is 23.0 Å². The second-order valence-electron chi connectivity index (χ2n) is 17.8. The Hall–Kier alpha value is -4.87. The van der Waals surface area contributed by atoms with Crippen LogP contribution < -0.4 is 10.1 Å². The molecule has 0 aromatic heterocycles. The molecule has 0 unspecified atom stereocenters. The fraction of sp³-hybridized carbons (Fsp3) is 0.574. The first-order valence-corrected chi connectivity index (χ1v) is 21.9. The third-order valence-corrected chi connectivity index (χ3v) is 13.5. The molecule has 17 heteroatoms. The van der Waals surface area contributed by atoms with Gasteiger partial charge < -0.3 is 49.8 Å². The summed E-state index contributed by atoms with van der Waals surface area (Å²) >= 11 is 0. The van der Waals surface area contributed by atoms with Gasteiger partial charge >= 0.3 is 11.8 Å². The van der Waals surface area contributed by atoms with Gasteiger partial charge in [-0.3, -0.25) is 24.3 Å². The van der Waals surface area contributed by atoms with Crippen molar-refractivity contribution in [3.63, 3.8) is 0 Å². The van der Waals surface area contributed by atoms with Gasteiger partial charge in [-0.15, -0.1) is 12.4 Å². The van der Waals surface area contributed by atoms with Crippen LogP contribution in [0.5, 0.6) is 23.0 Å². The monoisotopic (exact) mass is 912 g/mol. The number of carbonyl (C=O) groups excluding carboxylic acids is 3. The summed E-state index contributed by atoms with van der Waals surface area (Å²) in [6, 6.07) is 0.553. The van der Waals surface area contributed by atoms with E-state index in [-0.39, 0.29) is 56.9 Å². The number of ketones is 1. The van der Waals surface area contributed by atoms with E-state index in [0.29, 0.717) is 19.1 Å². The van der Waals surface area contributed by atoms with Crippen LogP contribution in [0.25, 0.3) is 10.8 Å². The molecule has 16 nitrogen and oxygen atoms in total. The Morgan fingerprint density at radius 1 is 0.922 bits per heavy atom. The van der Waals surface area contributed by atoms with Gasteiger partial charge in [-0.1, -0.05) is 58.8 Å². The topological polar surface area (TPSA) is 220 Å². The zero-order valence-electron chi connectivity index (χ0n) is 38.2. The quantitative estimate of drug-likeness (QED) is 0.0869. The van der Waals surface area contributed by atoms with Gasteiger partial charge in [0, 0.05) is 93.4 Å². The molecule has 6 N–H and O–H groups in total. The van der Waals surface area contributed by atoms with Gasteiger partial charge in [-0.05, 0) is 32.8 Å². The van der Waals surface area contributed by atoms with E-state index in [1.807, 2.05) is 5.01 Å². The Morgan fingerprint density at radius 3 is 2.20 bits per heavy atom. The van der Waals surface area contributed by atoms with Gasteiger partial charge in [-0.2, -0.15) is 5.10 Å². The number of benzene rings is 2. The highest BCUT2D eigenvalue weighted by molar-refractivity contribution is 6.23. The maximum atomic E-state index is 14.5. The SMILES string of the molecule is CO[C@H]1/C=C\O[C@@]2(C)Oc3c(C)c(O)c4c(O)c(c(C=NN5CCN(C6CCCC6)CC5)c(O)c4c3C2=O)NC(=O)/C(C)=C\C=C/[C@H](C)[C@H](O)[C@@H](C)[C@@H](O)[C@@H](C)[C@H](OC(C)=O)[C@@H]1C.Cl. The minimum Gasteiger partial charge on any atom is -0.507 e. The second kappa shape index (κ2) is 20.5. The molecule has 1 aliphatic carbocycles. The lowest BCUT2D eigenvalue weighted by atomic mass is 9.78. The lowest BCUT2D eigenvalue weighted by Gasteiger charge is -2.38. The summed E-state index contributed by atoms with van der Waals surface area (Å²) < 4.78 is 23.7. The van der Waals surface area contributed by atoms with Crippen LogP contribution in [0.1, 0.15) is 95.6 Å². The number of ether oxygens (including phenoxy) is 4. The fourth-order valence-electron chi connectivity index (χ4n) is 9.47. The number of rotatable bonds is 5. The molecular formula is C47H65ClN4O12.